The fraction of sp³-hybridized carbons (Fsp3) is 0.364. The van der Waals surface area contributed by atoms with Gasteiger partial charge in [0.1, 0.15) is 5.75 Å². The van der Waals surface area contributed by atoms with E-state index in [0.29, 0.717) is 12.1 Å². The van der Waals surface area contributed by atoms with Crippen molar-refractivity contribution in [3.8, 4) is 5.75 Å². The Morgan fingerprint density at radius 1 is 0.882 bits per heavy atom. The van der Waals surface area contributed by atoms with E-state index in [9.17, 15) is 40.3 Å². The third-order valence-electron chi connectivity index (χ3n) is 4.66. The SMILES string of the molecule is Cc1cc(C(F)(C(F)(F)F)C(F)(F)F)cc(C)c1NC(=O)c1cccc(OC(=O)NC(C)C)c1. The maximum Gasteiger partial charge on any atom is 0.435 e. The summed E-state index contributed by atoms with van der Waals surface area (Å²) in [7, 11) is 0. The summed E-state index contributed by atoms with van der Waals surface area (Å²) in [5, 5.41) is 4.86. The molecule has 2 amide bonds. The normalized spacial score (nSPS) is 12.5. The smallest absolute Gasteiger partial charge is 0.410 e. The molecule has 5 nitrogen and oxygen atoms in total. The van der Waals surface area contributed by atoms with Crippen molar-refractivity contribution in [1.82, 2.24) is 5.32 Å². The molecule has 0 aliphatic heterocycles. The van der Waals surface area contributed by atoms with Gasteiger partial charge >= 0.3 is 24.1 Å². The molecule has 0 aliphatic carbocycles. The summed E-state index contributed by atoms with van der Waals surface area (Å²) >= 11 is 0. The number of benzene rings is 2. The van der Waals surface area contributed by atoms with Gasteiger partial charge in [0.25, 0.3) is 5.91 Å². The van der Waals surface area contributed by atoms with Crippen LogP contribution >= 0.6 is 0 Å². The number of amides is 2. The van der Waals surface area contributed by atoms with Gasteiger partial charge in [0.15, 0.2) is 0 Å². The van der Waals surface area contributed by atoms with E-state index < -0.39 is 35.6 Å². The standard InChI is InChI=1S/C22H21F7N2O3/c1-11(2)30-19(33)34-16-7-5-6-14(10-16)18(32)31-17-12(3)8-15(9-13(17)4)20(23,21(24,25)26)22(27,28)29/h5-11H,1-4H3,(H,30,33)(H,31,32). The van der Waals surface area contributed by atoms with Crippen LogP contribution in [-0.2, 0) is 5.67 Å². The minimum absolute atomic E-state index is 0.0110. The van der Waals surface area contributed by atoms with Crippen molar-refractivity contribution in [3.63, 3.8) is 0 Å². The second-order valence-electron chi connectivity index (χ2n) is 7.81. The van der Waals surface area contributed by atoms with Crippen LogP contribution in [0.25, 0.3) is 0 Å². The number of rotatable bonds is 5. The van der Waals surface area contributed by atoms with E-state index in [1.54, 1.807) is 13.8 Å². The lowest BCUT2D eigenvalue weighted by Gasteiger charge is -2.31. The van der Waals surface area contributed by atoms with E-state index >= 15 is 0 Å². The number of nitrogens with one attached hydrogen (secondary N) is 2. The number of alkyl halides is 7. The van der Waals surface area contributed by atoms with Gasteiger partial charge in [-0.05, 0) is 57.0 Å². The predicted molar refractivity (Wildman–Crippen MR) is 110 cm³/mol. The van der Waals surface area contributed by atoms with Crippen molar-refractivity contribution in [2.45, 2.75) is 51.8 Å². The molecule has 34 heavy (non-hydrogen) atoms. The van der Waals surface area contributed by atoms with Crippen LogP contribution < -0.4 is 15.4 Å². The highest BCUT2D eigenvalue weighted by Gasteiger charge is 2.73. The highest BCUT2D eigenvalue weighted by molar-refractivity contribution is 6.05. The summed E-state index contributed by atoms with van der Waals surface area (Å²) in [5.74, 6) is -0.765. The number of hydrogen-bond donors (Lipinski definition) is 2. The van der Waals surface area contributed by atoms with Crippen LogP contribution in [0.15, 0.2) is 36.4 Å². The summed E-state index contributed by atoms with van der Waals surface area (Å²) in [6.45, 7) is 5.68. The number of carbonyl (C=O) groups excluding carboxylic acids is 2. The van der Waals surface area contributed by atoms with Crippen molar-refractivity contribution >= 4 is 17.7 Å². The van der Waals surface area contributed by atoms with Crippen LogP contribution in [-0.4, -0.2) is 30.4 Å². The van der Waals surface area contributed by atoms with Gasteiger partial charge in [0.05, 0.1) is 0 Å². The molecule has 2 rings (SSSR count). The van der Waals surface area contributed by atoms with E-state index in [-0.39, 0.29) is 34.2 Å². The molecule has 0 aromatic heterocycles. The van der Waals surface area contributed by atoms with Gasteiger partial charge in [-0.1, -0.05) is 18.2 Å². The highest BCUT2D eigenvalue weighted by atomic mass is 19.4. The van der Waals surface area contributed by atoms with E-state index in [1.165, 1.54) is 24.3 Å². The van der Waals surface area contributed by atoms with Gasteiger partial charge < -0.3 is 15.4 Å². The minimum atomic E-state index is -6.25. The lowest BCUT2D eigenvalue weighted by atomic mass is 9.90. The maximum absolute atomic E-state index is 14.4. The molecule has 0 bridgehead atoms. The van der Waals surface area contributed by atoms with Crippen LogP contribution in [0.4, 0.5) is 41.2 Å². The first-order chi connectivity index (χ1) is 15.5. The second kappa shape index (κ2) is 9.51. The quantitative estimate of drug-likeness (QED) is 0.477. The van der Waals surface area contributed by atoms with Crippen LogP contribution in [0.2, 0.25) is 0 Å². The van der Waals surface area contributed by atoms with E-state index in [1.807, 2.05) is 0 Å². The molecule has 0 atom stereocenters. The summed E-state index contributed by atoms with van der Waals surface area (Å²) < 4.78 is 97.9. The van der Waals surface area contributed by atoms with Crippen molar-refractivity contribution in [3.05, 3.63) is 58.7 Å². The Balaban J connectivity index is 2.35. The zero-order valence-corrected chi connectivity index (χ0v) is 18.4. The molecule has 12 heteroatoms. The minimum Gasteiger partial charge on any atom is -0.410 e. The average molecular weight is 494 g/mol. The molecule has 2 aromatic rings. The summed E-state index contributed by atoms with van der Waals surface area (Å²) in [6, 6.07) is 5.94. The first-order valence-electron chi connectivity index (χ1n) is 9.81. The summed E-state index contributed by atoms with van der Waals surface area (Å²) in [6.07, 6.45) is -13.3. The van der Waals surface area contributed by atoms with Crippen molar-refractivity contribution < 1.29 is 45.1 Å². The molecule has 2 N–H and O–H groups in total. The Kier molecular flexibility index (Phi) is 7.54. The van der Waals surface area contributed by atoms with Crippen LogP contribution in [0, 0.1) is 13.8 Å². The Morgan fingerprint density at radius 3 is 1.88 bits per heavy atom. The molecular weight excluding hydrogens is 473 g/mol. The van der Waals surface area contributed by atoms with Gasteiger partial charge in [-0.25, -0.2) is 9.18 Å². The zero-order valence-electron chi connectivity index (χ0n) is 18.4. The molecule has 0 fully saturated rings. The summed E-state index contributed by atoms with van der Waals surface area (Å²) in [4.78, 5) is 24.3. The van der Waals surface area contributed by atoms with Crippen molar-refractivity contribution in [1.29, 1.82) is 0 Å². The van der Waals surface area contributed by atoms with E-state index in [2.05, 4.69) is 10.6 Å². The molecule has 186 valence electrons. The van der Waals surface area contributed by atoms with Gasteiger partial charge in [-0.3, -0.25) is 4.79 Å². The zero-order chi connectivity index (χ0) is 26.1. The Labute approximate surface area is 190 Å². The number of anilines is 1. The van der Waals surface area contributed by atoms with Gasteiger partial charge in [-0.15, -0.1) is 0 Å². The fourth-order valence-corrected chi connectivity index (χ4v) is 3.11. The topological polar surface area (TPSA) is 67.4 Å². The Hall–Kier alpha value is -3.31. The molecular formula is C22H21F7N2O3. The van der Waals surface area contributed by atoms with Crippen molar-refractivity contribution in [2.24, 2.45) is 0 Å². The largest absolute Gasteiger partial charge is 0.435 e. The molecule has 0 unspecified atom stereocenters. The number of halogens is 7. The average Bonchev–Trinajstić information content (AvgIpc) is 2.67. The molecule has 0 saturated heterocycles. The third kappa shape index (κ3) is 5.60. The summed E-state index contributed by atoms with van der Waals surface area (Å²) in [5.41, 5.74) is -7.77. The van der Waals surface area contributed by atoms with Crippen LogP contribution in [0.3, 0.4) is 0 Å². The van der Waals surface area contributed by atoms with Gasteiger partial charge in [0.2, 0.25) is 0 Å². The number of ether oxygens (including phenoxy) is 1. The van der Waals surface area contributed by atoms with Crippen LogP contribution in [0.1, 0.15) is 40.9 Å². The monoisotopic (exact) mass is 494 g/mol. The van der Waals surface area contributed by atoms with E-state index in [0.717, 1.165) is 13.8 Å². The lowest BCUT2D eigenvalue weighted by molar-refractivity contribution is -0.348. The molecule has 0 spiro atoms. The number of carbonyl (C=O) groups is 2. The third-order valence-corrected chi connectivity index (χ3v) is 4.66. The first-order valence-corrected chi connectivity index (χ1v) is 9.81. The van der Waals surface area contributed by atoms with Gasteiger partial charge in [0, 0.05) is 22.9 Å². The van der Waals surface area contributed by atoms with Crippen LogP contribution in [0.5, 0.6) is 5.75 Å². The Morgan fingerprint density at radius 2 is 1.41 bits per heavy atom. The molecule has 0 aliphatic rings. The highest BCUT2D eigenvalue weighted by Crippen LogP contribution is 2.53. The van der Waals surface area contributed by atoms with Gasteiger partial charge in [-0.2, -0.15) is 26.3 Å². The number of hydrogen-bond acceptors (Lipinski definition) is 3. The van der Waals surface area contributed by atoms with E-state index in [4.69, 9.17) is 4.74 Å². The maximum atomic E-state index is 14.4. The first kappa shape index (κ1) is 26.9. The molecule has 2 aromatic carbocycles. The predicted octanol–water partition coefficient (Wildman–Crippen LogP) is 6.34. The fourth-order valence-electron chi connectivity index (χ4n) is 3.11. The molecule has 0 heterocycles. The molecule has 0 radical (unpaired) electrons. The Bertz CT molecular complexity index is 1040. The van der Waals surface area contributed by atoms with Crippen molar-refractivity contribution in [2.75, 3.05) is 5.32 Å². The second-order valence-corrected chi connectivity index (χ2v) is 7.81. The lowest BCUT2D eigenvalue weighted by Crippen LogP contribution is -2.50. The number of aryl methyl sites for hydroxylation is 2. The molecule has 0 saturated carbocycles.